The summed E-state index contributed by atoms with van der Waals surface area (Å²) in [6.07, 6.45) is 9.52. The Morgan fingerprint density at radius 2 is 1.79 bits per heavy atom. The topological polar surface area (TPSA) is 150 Å². The highest BCUT2D eigenvalue weighted by Crippen LogP contribution is 2.63. The Morgan fingerprint density at radius 3 is 2.53 bits per heavy atom. The van der Waals surface area contributed by atoms with Gasteiger partial charge in [-0.15, -0.1) is 0 Å². The number of halogens is 3. The number of ether oxygens (including phenoxy) is 1. The van der Waals surface area contributed by atoms with Crippen molar-refractivity contribution in [3.05, 3.63) is 81.8 Å². The van der Waals surface area contributed by atoms with Crippen molar-refractivity contribution in [2.24, 2.45) is 10.8 Å². The Hall–Kier alpha value is -4.36. The summed E-state index contributed by atoms with van der Waals surface area (Å²) in [5.41, 5.74) is 3.45. The fourth-order valence-electron chi connectivity index (χ4n) is 8.15. The van der Waals surface area contributed by atoms with Crippen LogP contribution >= 0.6 is 23.2 Å². The van der Waals surface area contributed by atoms with Crippen molar-refractivity contribution in [1.82, 2.24) is 30.9 Å². The zero-order valence-electron chi connectivity index (χ0n) is 29.4. The van der Waals surface area contributed by atoms with Gasteiger partial charge < -0.3 is 31.1 Å². The summed E-state index contributed by atoms with van der Waals surface area (Å²) in [4.78, 5) is 36.9. The summed E-state index contributed by atoms with van der Waals surface area (Å²) in [5.74, 6) is -0.596. The van der Waals surface area contributed by atoms with Crippen molar-refractivity contribution >= 4 is 46.6 Å². The first kappa shape index (κ1) is 37.0. The van der Waals surface area contributed by atoms with Crippen molar-refractivity contribution in [3.63, 3.8) is 0 Å². The van der Waals surface area contributed by atoms with E-state index in [9.17, 15) is 14.7 Å². The lowest BCUT2D eigenvalue weighted by Crippen LogP contribution is -2.35. The number of nitrogens with one attached hydrogen (secondary N) is 4. The number of hydrogen-bond acceptors (Lipinski definition) is 9. The summed E-state index contributed by atoms with van der Waals surface area (Å²) in [6.45, 7) is 2.14. The van der Waals surface area contributed by atoms with E-state index in [1.165, 1.54) is 0 Å². The van der Waals surface area contributed by atoms with E-state index in [2.05, 4.69) is 31.2 Å². The van der Waals surface area contributed by atoms with Crippen LogP contribution in [0, 0.1) is 16.6 Å². The first-order valence-electron chi connectivity index (χ1n) is 17.9. The Kier molecular flexibility index (Phi) is 10.8. The third-order valence-corrected chi connectivity index (χ3v) is 11.9. The number of nitrogens with zero attached hydrogens (tertiary/aromatic N) is 3. The second-order valence-corrected chi connectivity index (χ2v) is 15.2. The molecule has 2 bridgehead atoms. The molecule has 11 nitrogen and oxygen atoms in total. The molecule has 2 aliphatic carbocycles. The van der Waals surface area contributed by atoms with E-state index in [0.717, 1.165) is 50.5 Å². The molecule has 1 amide bonds. The number of methoxy groups -OCH3 is 1. The average molecular weight is 763 g/mol. The molecule has 1 aromatic carbocycles. The van der Waals surface area contributed by atoms with Crippen LogP contribution in [0.25, 0.3) is 22.5 Å². The van der Waals surface area contributed by atoms with E-state index in [-0.39, 0.29) is 23.2 Å². The van der Waals surface area contributed by atoms with Gasteiger partial charge in [-0.25, -0.2) is 14.4 Å². The molecule has 5 N–H and O–H groups in total. The van der Waals surface area contributed by atoms with Crippen molar-refractivity contribution < 1.29 is 23.8 Å². The van der Waals surface area contributed by atoms with Crippen LogP contribution in [0.5, 0.6) is 5.88 Å². The third-order valence-electron chi connectivity index (χ3n) is 11.1. The summed E-state index contributed by atoms with van der Waals surface area (Å²) < 4.78 is 21.3. The molecule has 0 spiro atoms. The van der Waals surface area contributed by atoms with Crippen molar-refractivity contribution in [2.75, 3.05) is 25.5 Å². The van der Waals surface area contributed by atoms with E-state index < -0.39 is 17.2 Å². The normalized spacial score (nSPS) is 21.9. The molecule has 4 heterocycles. The second kappa shape index (κ2) is 15.5. The summed E-state index contributed by atoms with van der Waals surface area (Å²) in [5, 5.41) is 23.1. The molecule has 1 saturated heterocycles. The van der Waals surface area contributed by atoms with Gasteiger partial charge in [0.2, 0.25) is 11.8 Å². The van der Waals surface area contributed by atoms with Gasteiger partial charge in [0, 0.05) is 66.7 Å². The highest BCUT2D eigenvalue weighted by atomic mass is 35.5. The molecular weight excluding hydrogens is 720 g/mol. The summed E-state index contributed by atoms with van der Waals surface area (Å²) in [7, 11) is 1.56. The maximum Gasteiger partial charge on any atom is 0.309 e. The van der Waals surface area contributed by atoms with Crippen molar-refractivity contribution in [3.8, 4) is 28.4 Å². The lowest BCUT2D eigenvalue weighted by atomic mass is 9.80. The molecule has 14 heteroatoms. The number of fused-ring (bicyclic) bond motifs is 2. The predicted molar refractivity (Wildman–Crippen MR) is 202 cm³/mol. The summed E-state index contributed by atoms with van der Waals surface area (Å²) >= 11 is 13.9. The zero-order valence-corrected chi connectivity index (χ0v) is 30.9. The van der Waals surface area contributed by atoms with Crippen molar-refractivity contribution in [2.45, 2.75) is 70.5 Å². The molecule has 1 atom stereocenters. The van der Waals surface area contributed by atoms with E-state index in [1.807, 2.05) is 12.1 Å². The number of anilines is 2. The van der Waals surface area contributed by atoms with E-state index in [0.29, 0.717) is 82.3 Å². The van der Waals surface area contributed by atoms with Gasteiger partial charge in [-0.1, -0.05) is 41.4 Å². The molecular formula is C39H42Cl2FN7O4. The lowest BCUT2D eigenvalue weighted by Gasteiger charge is -2.26. The maximum atomic E-state index is 15.7. The summed E-state index contributed by atoms with van der Waals surface area (Å²) in [6, 6.07) is 12.6. The van der Waals surface area contributed by atoms with Gasteiger partial charge in [-0.3, -0.25) is 14.6 Å². The molecule has 4 aromatic rings. The number of carbonyl (C=O) groups excluding carboxylic acids is 1. The van der Waals surface area contributed by atoms with Gasteiger partial charge in [0.1, 0.15) is 0 Å². The third kappa shape index (κ3) is 7.68. The highest BCUT2D eigenvalue weighted by molar-refractivity contribution is 6.39. The maximum absolute atomic E-state index is 15.7. The van der Waals surface area contributed by atoms with Gasteiger partial charge in [-0.05, 0) is 81.2 Å². The smallest absolute Gasteiger partial charge is 0.309 e. The number of pyridine rings is 3. The van der Waals surface area contributed by atoms with E-state index >= 15 is 4.39 Å². The number of hydrogen-bond donors (Lipinski definition) is 5. The van der Waals surface area contributed by atoms with Crippen molar-refractivity contribution in [1.29, 1.82) is 0 Å². The van der Waals surface area contributed by atoms with Gasteiger partial charge in [-0.2, -0.15) is 0 Å². The van der Waals surface area contributed by atoms with Crippen LogP contribution in [0.15, 0.2) is 54.9 Å². The Morgan fingerprint density at radius 1 is 1.00 bits per heavy atom. The number of carbonyl (C=O) groups is 2. The molecule has 2 saturated carbocycles. The lowest BCUT2D eigenvalue weighted by molar-refractivity contribution is -0.148. The molecule has 0 radical (unpaired) electrons. The Bertz CT molecular complexity index is 2020. The number of aliphatic carboxylic acids is 1. The molecule has 1 aliphatic heterocycles. The Balaban J connectivity index is 1.02. The highest BCUT2D eigenvalue weighted by Gasteiger charge is 2.57. The van der Waals surface area contributed by atoms with E-state index in [4.69, 9.17) is 32.9 Å². The largest absolute Gasteiger partial charge is 0.481 e. The van der Waals surface area contributed by atoms with E-state index in [1.54, 1.807) is 49.8 Å². The van der Waals surface area contributed by atoms with Crippen LogP contribution in [0.2, 0.25) is 10.0 Å². The van der Waals surface area contributed by atoms with Crippen LogP contribution in [-0.2, 0) is 22.7 Å². The van der Waals surface area contributed by atoms with Gasteiger partial charge >= 0.3 is 5.97 Å². The number of carboxylic acids is 1. The fourth-order valence-corrected chi connectivity index (χ4v) is 8.73. The number of aromatic nitrogens is 3. The van der Waals surface area contributed by atoms with Crippen LogP contribution < -0.4 is 26.0 Å². The van der Waals surface area contributed by atoms with Crippen LogP contribution in [-0.4, -0.2) is 58.2 Å². The van der Waals surface area contributed by atoms with Gasteiger partial charge in [0.05, 0.1) is 39.6 Å². The van der Waals surface area contributed by atoms with Crippen LogP contribution in [0.3, 0.4) is 0 Å². The fraction of sp³-hybridized carbons (Fsp3) is 0.410. The monoisotopic (exact) mass is 761 g/mol. The number of benzene rings is 1. The minimum absolute atomic E-state index is 0.0337. The second-order valence-electron chi connectivity index (χ2n) is 14.4. The SMILES string of the molecule is COc1nc(-c2ccnc(-c3cccc(Nc4nccc(CNCCC56CCC(C(=O)O)(CC5)C6)c4F)c3Cl)c2Cl)ccc1CNCC1CCC(=O)N1. The predicted octanol–water partition coefficient (Wildman–Crippen LogP) is 7.29. The minimum atomic E-state index is -0.666. The minimum Gasteiger partial charge on any atom is -0.481 e. The quantitative estimate of drug-likeness (QED) is 0.0782. The first-order valence-corrected chi connectivity index (χ1v) is 18.7. The number of rotatable bonds is 15. The van der Waals surface area contributed by atoms with Gasteiger partial charge in [0.25, 0.3) is 0 Å². The van der Waals surface area contributed by atoms with Gasteiger partial charge in [0.15, 0.2) is 11.6 Å². The van der Waals surface area contributed by atoms with Crippen LogP contribution in [0.4, 0.5) is 15.9 Å². The molecule has 1 unspecified atom stereocenters. The number of amides is 1. The van der Waals surface area contributed by atoms with Crippen LogP contribution in [0.1, 0.15) is 62.5 Å². The molecule has 3 fully saturated rings. The number of carboxylic acid groups (broad SMARTS) is 1. The molecule has 278 valence electrons. The zero-order chi connectivity index (χ0) is 37.2. The standard InChI is InChI=1S/C39H42Cl2FN7O4/c1-53-36-24(20-44-21-25-6-8-30(50)47-25)5-7-28(49-36)26-10-17-45-34(32(26)41)27-3-2-4-29(31(27)40)48-35-33(42)23(9-16-46-35)19-43-18-15-38-11-13-39(22-38,14-12-38)37(51)52/h2-5,7,9-10,16-17,25,43-44H,6,8,11-15,18-22H2,1H3,(H,46,48)(H,47,50)(H,51,52). The molecule has 3 aliphatic rings. The molecule has 53 heavy (non-hydrogen) atoms. The Labute approximate surface area is 317 Å². The molecule has 7 rings (SSSR count). The molecule has 3 aromatic heterocycles. The first-order chi connectivity index (χ1) is 25.6. The average Bonchev–Trinajstić information content (AvgIpc) is 3.87.